The summed E-state index contributed by atoms with van der Waals surface area (Å²) in [6.45, 7) is 8.95. The number of aromatic nitrogens is 1. The fourth-order valence-corrected chi connectivity index (χ4v) is 0.841. The van der Waals surface area contributed by atoms with Gasteiger partial charge in [-0.1, -0.05) is 27.7 Å². The van der Waals surface area contributed by atoms with Gasteiger partial charge in [-0.2, -0.15) is 4.98 Å². The van der Waals surface area contributed by atoms with Crippen LogP contribution in [0.1, 0.15) is 39.4 Å². The van der Waals surface area contributed by atoms with Crippen LogP contribution < -0.4 is 4.74 Å². The molecule has 1 heterocycles. The van der Waals surface area contributed by atoms with Gasteiger partial charge < -0.3 is 9.15 Å². The number of oxazole rings is 1. The number of nitrogens with zero attached hydrogens (tertiary/aromatic N) is 1. The van der Waals surface area contributed by atoms with Gasteiger partial charge in [0.1, 0.15) is 5.76 Å². The Bertz CT molecular complexity index is 253. The molecular weight excluding hydrogens is 166 g/mol. The highest BCUT2D eigenvalue weighted by molar-refractivity contribution is 5.01. The second kappa shape index (κ2) is 4.30. The molecule has 0 fully saturated rings. The van der Waals surface area contributed by atoms with Crippen molar-refractivity contribution in [1.29, 1.82) is 0 Å². The molecule has 0 atom stereocenters. The molecule has 0 radical (unpaired) electrons. The van der Waals surface area contributed by atoms with E-state index < -0.39 is 0 Å². The Morgan fingerprint density at radius 1 is 1.38 bits per heavy atom. The molecule has 0 saturated carbocycles. The molecule has 1 aromatic heterocycles. The SMILES string of the molecule is CC(C)COc1ncc(C(C)C)o1. The van der Waals surface area contributed by atoms with Crippen molar-refractivity contribution in [2.75, 3.05) is 6.61 Å². The van der Waals surface area contributed by atoms with Gasteiger partial charge in [0.15, 0.2) is 0 Å². The van der Waals surface area contributed by atoms with Gasteiger partial charge in [0.2, 0.25) is 0 Å². The summed E-state index contributed by atoms with van der Waals surface area (Å²) in [6, 6.07) is 0. The minimum absolute atomic E-state index is 0.365. The fourth-order valence-electron chi connectivity index (χ4n) is 0.841. The lowest BCUT2D eigenvalue weighted by atomic mass is 10.2. The summed E-state index contributed by atoms with van der Waals surface area (Å²) in [5.41, 5.74) is 0. The van der Waals surface area contributed by atoms with E-state index in [0.717, 1.165) is 5.76 Å². The molecule has 0 amide bonds. The normalized spacial score (nSPS) is 11.2. The van der Waals surface area contributed by atoms with E-state index in [1.165, 1.54) is 0 Å². The van der Waals surface area contributed by atoms with Gasteiger partial charge in [0.25, 0.3) is 0 Å². The van der Waals surface area contributed by atoms with E-state index in [-0.39, 0.29) is 0 Å². The predicted octanol–water partition coefficient (Wildman–Crippen LogP) is 2.83. The van der Waals surface area contributed by atoms with Gasteiger partial charge in [-0.05, 0) is 5.92 Å². The molecule has 3 heteroatoms. The first kappa shape index (κ1) is 10.1. The Hall–Kier alpha value is -0.990. The van der Waals surface area contributed by atoms with Crippen LogP contribution in [0.15, 0.2) is 10.6 Å². The third-order valence-electron chi connectivity index (χ3n) is 1.61. The van der Waals surface area contributed by atoms with Crippen LogP contribution in [0.5, 0.6) is 6.08 Å². The van der Waals surface area contributed by atoms with Gasteiger partial charge in [-0.3, -0.25) is 0 Å². The van der Waals surface area contributed by atoms with Crippen molar-refractivity contribution in [1.82, 2.24) is 4.98 Å². The molecule has 1 rings (SSSR count). The summed E-state index contributed by atoms with van der Waals surface area (Å²) in [6.07, 6.45) is 2.11. The van der Waals surface area contributed by atoms with Crippen LogP contribution >= 0.6 is 0 Å². The molecule has 3 nitrogen and oxygen atoms in total. The third kappa shape index (κ3) is 3.09. The lowest BCUT2D eigenvalue weighted by molar-refractivity contribution is 0.196. The molecule has 0 spiro atoms. The molecule has 1 aromatic rings. The van der Waals surface area contributed by atoms with Crippen molar-refractivity contribution in [3.8, 4) is 6.08 Å². The number of hydrogen-bond acceptors (Lipinski definition) is 3. The molecule has 0 aliphatic heterocycles. The van der Waals surface area contributed by atoms with Gasteiger partial charge in [-0.15, -0.1) is 0 Å². The Kier molecular flexibility index (Phi) is 3.34. The lowest BCUT2D eigenvalue weighted by Gasteiger charge is -2.03. The van der Waals surface area contributed by atoms with Gasteiger partial charge >= 0.3 is 6.08 Å². The lowest BCUT2D eigenvalue weighted by Crippen LogP contribution is -2.04. The van der Waals surface area contributed by atoms with Crippen LogP contribution in [0, 0.1) is 5.92 Å². The quantitative estimate of drug-likeness (QED) is 0.720. The van der Waals surface area contributed by atoms with Gasteiger partial charge in [0, 0.05) is 5.92 Å². The second-order valence-electron chi connectivity index (χ2n) is 3.89. The van der Waals surface area contributed by atoms with Crippen LogP contribution in [0.3, 0.4) is 0 Å². The molecule has 74 valence electrons. The molecule has 0 aromatic carbocycles. The van der Waals surface area contributed by atoms with E-state index in [1.54, 1.807) is 6.20 Å². The molecule has 0 unspecified atom stereocenters. The summed E-state index contributed by atoms with van der Waals surface area (Å²) in [4.78, 5) is 4.02. The maximum absolute atomic E-state index is 5.36. The zero-order valence-electron chi connectivity index (χ0n) is 8.70. The summed E-state index contributed by atoms with van der Waals surface area (Å²) >= 11 is 0. The first-order chi connectivity index (χ1) is 6.09. The Morgan fingerprint density at radius 3 is 2.54 bits per heavy atom. The summed E-state index contributed by atoms with van der Waals surface area (Å²) in [5.74, 6) is 1.73. The second-order valence-corrected chi connectivity index (χ2v) is 3.89. The maximum atomic E-state index is 5.36. The summed E-state index contributed by atoms with van der Waals surface area (Å²) in [5, 5.41) is 0. The minimum atomic E-state index is 0.365. The van der Waals surface area contributed by atoms with Crippen molar-refractivity contribution in [3.63, 3.8) is 0 Å². The smallest absolute Gasteiger partial charge is 0.393 e. The molecular formula is C10H17NO2. The van der Waals surface area contributed by atoms with Crippen LogP contribution in [-0.4, -0.2) is 11.6 Å². The topological polar surface area (TPSA) is 35.3 Å². The van der Waals surface area contributed by atoms with E-state index in [0.29, 0.717) is 24.5 Å². The van der Waals surface area contributed by atoms with Crippen molar-refractivity contribution < 1.29 is 9.15 Å². The Labute approximate surface area is 79.1 Å². The zero-order valence-corrected chi connectivity index (χ0v) is 8.70. The van der Waals surface area contributed by atoms with Crippen LogP contribution in [-0.2, 0) is 0 Å². The largest absolute Gasteiger partial charge is 0.450 e. The Balaban J connectivity index is 2.49. The number of hydrogen-bond donors (Lipinski definition) is 0. The summed E-state index contributed by atoms with van der Waals surface area (Å²) < 4.78 is 10.7. The average molecular weight is 183 g/mol. The molecule has 0 aliphatic rings. The molecule has 0 N–H and O–H groups in total. The standard InChI is InChI=1S/C10H17NO2/c1-7(2)6-12-10-11-5-9(13-10)8(3)4/h5,7-8H,6H2,1-4H3. The molecule has 0 aliphatic carbocycles. The molecule has 0 saturated heterocycles. The first-order valence-electron chi connectivity index (χ1n) is 4.68. The van der Waals surface area contributed by atoms with E-state index >= 15 is 0 Å². The van der Waals surface area contributed by atoms with Gasteiger partial charge in [-0.25, -0.2) is 0 Å². The highest BCUT2D eigenvalue weighted by Crippen LogP contribution is 2.19. The van der Waals surface area contributed by atoms with E-state index in [1.807, 2.05) is 0 Å². The van der Waals surface area contributed by atoms with Crippen LogP contribution in [0.2, 0.25) is 0 Å². The van der Waals surface area contributed by atoms with Gasteiger partial charge in [0.05, 0.1) is 12.8 Å². The highest BCUT2D eigenvalue weighted by atomic mass is 16.6. The monoisotopic (exact) mass is 183 g/mol. The number of rotatable bonds is 4. The molecule has 13 heavy (non-hydrogen) atoms. The van der Waals surface area contributed by atoms with E-state index in [9.17, 15) is 0 Å². The van der Waals surface area contributed by atoms with E-state index in [4.69, 9.17) is 9.15 Å². The predicted molar refractivity (Wildman–Crippen MR) is 50.9 cm³/mol. The van der Waals surface area contributed by atoms with E-state index in [2.05, 4.69) is 32.7 Å². The number of ether oxygens (including phenoxy) is 1. The molecule has 0 bridgehead atoms. The highest BCUT2D eigenvalue weighted by Gasteiger charge is 2.08. The van der Waals surface area contributed by atoms with Crippen LogP contribution in [0.4, 0.5) is 0 Å². The van der Waals surface area contributed by atoms with Crippen molar-refractivity contribution in [3.05, 3.63) is 12.0 Å². The maximum Gasteiger partial charge on any atom is 0.393 e. The fraction of sp³-hybridized carbons (Fsp3) is 0.700. The van der Waals surface area contributed by atoms with Crippen molar-refractivity contribution in [2.24, 2.45) is 5.92 Å². The first-order valence-corrected chi connectivity index (χ1v) is 4.68. The summed E-state index contributed by atoms with van der Waals surface area (Å²) in [7, 11) is 0. The minimum Gasteiger partial charge on any atom is -0.450 e. The Morgan fingerprint density at radius 2 is 2.08 bits per heavy atom. The van der Waals surface area contributed by atoms with Crippen LogP contribution in [0.25, 0.3) is 0 Å². The third-order valence-corrected chi connectivity index (χ3v) is 1.61. The van der Waals surface area contributed by atoms with Crippen molar-refractivity contribution in [2.45, 2.75) is 33.6 Å². The average Bonchev–Trinajstić information content (AvgIpc) is 2.48. The zero-order chi connectivity index (χ0) is 9.84. The van der Waals surface area contributed by atoms with Crippen molar-refractivity contribution >= 4 is 0 Å².